The molecule has 2 N–H and O–H groups in total. The molecular weight excluding hydrogens is 277 g/mol. The average molecular weight is 286 g/mol. The van der Waals surface area contributed by atoms with Gasteiger partial charge in [0.15, 0.2) is 16.1 Å². The summed E-state index contributed by atoms with van der Waals surface area (Å²) in [5.41, 5.74) is 1.07. The van der Waals surface area contributed by atoms with Crippen molar-refractivity contribution in [1.82, 2.24) is 20.4 Å². The molecule has 94 valence electrons. The number of anilines is 1. The summed E-state index contributed by atoms with van der Waals surface area (Å²) in [4.78, 5) is 11.9. The summed E-state index contributed by atoms with van der Waals surface area (Å²) in [5, 5.41) is 16.5. The van der Waals surface area contributed by atoms with Gasteiger partial charge < -0.3 is 5.32 Å². The van der Waals surface area contributed by atoms with Crippen LogP contribution >= 0.6 is 23.2 Å². The standard InChI is InChI=1S/C10H9Cl2N5O/c1-2-5-3-8(16-14-5)13-10(18)6-4-7(11)15-17-9(6)12/h3-4H,2H2,1H3,(H2,13,14,16,18). The van der Waals surface area contributed by atoms with Gasteiger partial charge in [0.2, 0.25) is 0 Å². The number of carbonyl (C=O) groups is 1. The second-order valence-corrected chi connectivity index (χ2v) is 4.20. The molecule has 0 spiro atoms. The third-order valence-corrected chi connectivity index (χ3v) is 2.68. The molecule has 2 aromatic rings. The van der Waals surface area contributed by atoms with Gasteiger partial charge in [-0.25, -0.2) is 0 Å². The molecule has 0 bridgehead atoms. The molecule has 0 fully saturated rings. The van der Waals surface area contributed by atoms with Crippen LogP contribution in [0.5, 0.6) is 0 Å². The van der Waals surface area contributed by atoms with Crippen LogP contribution in [-0.4, -0.2) is 26.3 Å². The first-order valence-corrected chi connectivity index (χ1v) is 5.90. The maximum Gasteiger partial charge on any atom is 0.260 e. The molecule has 0 aliphatic heterocycles. The van der Waals surface area contributed by atoms with E-state index in [2.05, 4.69) is 25.7 Å². The van der Waals surface area contributed by atoms with Crippen LogP contribution in [0.15, 0.2) is 12.1 Å². The highest BCUT2D eigenvalue weighted by atomic mass is 35.5. The van der Waals surface area contributed by atoms with Gasteiger partial charge in [0, 0.05) is 11.8 Å². The van der Waals surface area contributed by atoms with Crippen molar-refractivity contribution < 1.29 is 4.79 Å². The topological polar surface area (TPSA) is 83.6 Å². The third kappa shape index (κ3) is 2.77. The summed E-state index contributed by atoms with van der Waals surface area (Å²) < 4.78 is 0. The van der Waals surface area contributed by atoms with Crippen molar-refractivity contribution in [1.29, 1.82) is 0 Å². The minimum absolute atomic E-state index is 0.0110. The van der Waals surface area contributed by atoms with Gasteiger partial charge in [-0.15, -0.1) is 10.2 Å². The number of nitrogens with zero attached hydrogens (tertiary/aromatic N) is 3. The predicted molar refractivity (Wildman–Crippen MR) is 68.0 cm³/mol. The molecule has 0 atom stereocenters. The van der Waals surface area contributed by atoms with Crippen molar-refractivity contribution in [3.05, 3.63) is 33.7 Å². The second kappa shape index (κ2) is 5.32. The van der Waals surface area contributed by atoms with E-state index in [1.165, 1.54) is 6.07 Å². The molecule has 2 aromatic heterocycles. The van der Waals surface area contributed by atoms with Crippen LogP contribution in [0.25, 0.3) is 0 Å². The van der Waals surface area contributed by atoms with Crippen LogP contribution < -0.4 is 5.32 Å². The molecule has 0 saturated carbocycles. The van der Waals surface area contributed by atoms with E-state index in [4.69, 9.17) is 23.2 Å². The Balaban J connectivity index is 2.19. The fourth-order valence-electron chi connectivity index (χ4n) is 1.30. The number of halogens is 2. The smallest absolute Gasteiger partial charge is 0.260 e. The Morgan fingerprint density at radius 3 is 2.83 bits per heavy atom. The van der Waals surface area contributed by atoms with Crippen molar-refractivity contribution in [2.45, 2.75) is 13.3 Å². The minimum Gasteiger partial charge on any atom is -0.305 e. The van der Waals surface area contributed by atoms with Gasteiger partial charge in [0.05, 0.1) is 5.56 Å². The van der Waals surface area contributed by atoms with E-state index in [0.29, 0.717) is 5.82 Å². The van der Waals surface area contributed by atoms with Gasteiger partial charge in [-0.05, 0) is 12.5 Å². The molecule has 0 aliphatic rings. The fraction of sp³-hybridized carbons (Fsp3) is 0.200. The fourth-order valence-corrected chi connectivity index (χ4v) is 1.63. The zero-order valence-corrected chi connectivity index (χ0v) is 10.9. The summed E-state index contributed by atoms with van der Waals surface area (Å²) >= 11 is 11.4. The lowest BCUT2D eigenvalue weighted by molar-refractivity contribution is 0.102. The Hall–Kier alpha value is -1.66. The van der Waals surface area contributed by atoms with E-state index in [1.807, 2.05) is 6.92 Å². The molecule has 18 heavy (non-hydrogen) atoms. The number of H-pyrrole nitrogens is 1. The number of carbonyl (C=O) groups excluding carboxylic acids is 1. The van der Waals surface area contributed by atoms with Crippen LogP contribution in [0, 0.1) is 0 Å². The molecule has 0 saturated heterocycles. The average Bonchev–Trinajstić information content (AvgIpc) is 2.80. The van der Waals surface area contributed by atoms with Gasteiger partial charge in [0.1, 0.15) is 0 Å². The van der Waals surface area contributed by atoms with Crippen LogP contribution in [0.2, 0.25) is 10.3 Å². The summed E-state index contributed by atoms with van der Waals surface area (Å²) in [6.45, 7) is 1.97. The summed E-state index contributed by atoms with van der Waals surface area (Å²) in [7, 11) is 0. The Morgan fingerprint density at radius 1 is 1.39 bits per heavy atom. The van der Waals surface area contributed by atoms with Crippen LogP contribution in [0.3, 0.4) is 0 Å². The SMILES string of the molecule is CCc1cc(NC(=O)c2cc(Cl)nnc2Cl)n[nH]1. The molecular formula is C10H9Cl2N5O. The number of aromatic nitrogens is 4. The monoisotopic (exact) mass is 285 g/mol. The maximum absolute atomic E-state index is 11.9. The largest absolute Gasteiger partial charge is 0.305 e. The van der Waals surface area contributed by atoms with Crippen molar-refractivity contribution in [2.24, 2.45) is 0 Å². The Labute approximate surface area is 113 Å². The van der Waals surface area contributed by atoms with Gasteiger partial charge >= 0.3 is 0 Å². The number of hydrogen-bond acceptors (Lipinski definition) is 4. The highest BCUT2D eigenvalue weighted by molar-refractivity contribution is 6.34. The first-order valence-electron chi connectivity index (χ1n) is 5.14. The number of aryl methyl sites for hydroxylation is 1. The summed E-state index contributed by atoms with van der Waals surface area (Å²) in [6, 6.07) is 3.08. The van der Waals surface area contributed by atoms with Crippen molar-refractivity contribution >= 4 is 34.9 Å². The zero-order valence-electron chi connectivity index (χ0n) is 9.37. The van der Waals surface area contributed by atoms with Crippen molar-refractivity contribution in [3.8, 4) is 0 Å². The van der Waals surface area contributed by atoms with Gasteiger partial charge in [-0.3, -0.25) is 9.89 Å². The molecule has 0 radical (unpaired) electrons. The normalized spacial score (nSPS) is 10.4. The lowest BCUT2D eigenvalue weighted by Gasteiger charge is -2.02. The third-order valence-electron chi connectivity index (χ3n) is 2.22. The van der Waals surface area contributed by atoms with Crippen molar-refractivity contribution in [3.63, 3.8) is 0 Å². The van der Waals surface area contributed by atoms with E-state index in [1.54, 1.807) is 6.07 Å². The summed E-state index contributed by atoms with van der Waals surface area (Å²) in [5.74, 6) is -0.0215. The molecule has 8 heteroatoms. The highest BCUT2D eigenvalue weighted by Gasteiger charge is 2.14. The molecule has 0 aliphatic carbocycles. The first-order chi connectivity index (χ1) is 8.60. The molecule has 2 heterocycles. The number of rotatable bonds is 3. The van der Waals surface area contributed by atoms with E-state index in [-0.39, 0.29) is 15.9 Å². The van der Waals surface area contributed by atoms with E-state index in [9.17, 15) is 4.79 Å². The van der Waals surface area contributed by atoms with E-state index in [0.717, 1.165) is 12.1 Å². The summed E-state index contributed by atoms with van der Waals surface area (Å²) in [6.07, 6.45) is 0.798. The zero-order chi connectivity index (χ0) is 13.1. The predicted octanol–water partition coefficient (Wildman–Crippen LogP) is 2.32. The highest BCUT2D eigenvalue weighted by Crippen LogP contribution is 2.17. The molecule has 1 amide bonds. The van der Waals surface area contributed by atoms with Crippen molar-refractivity contribution in [2.75, 3.05) is 5.32 Å². The number of nitrogens with one attached hydrogen (secondary N) is 2. The maximum atomic E-state index is 11.9. The minimum atomic E-state index is -0.439. The van der Waals surface area contributed by atoms with Crippen LogP contribution in [0.1, 0.15) is 23.0 Å². The molecule has 0 aromatic carbocycles. The van der Waals surface area contributed by atoms with Crippen LogP contribution in [-0.2, 0) is 6.42 Å². The Morgan fingerprint density at radius 2 is 2.17 bits per heavy atom. The quantitative estimate of drug-likeness (QED) is 0.907. The molecule has 0 unspecified atom stereocenters. The van der Waals surface area contributed by atoms with Gasteiger partial charge in [-0.2, -0.15) is 5.10 Å². The van der Waals surface area contributed by atoms with E-state index < -0.39 is 5.91 Å². The lowest BCUT2D eigenvalue weighted by atomic mass is 10.3. The number of hydrogen-bond donors (Lipinski definition) is 2. The number of amides is 1. The molecule has 6 nitrogen and oxygen atoms in total. The Bertz CT molecular complexity index is 583. The van der Waals surface area contributed by atoms with Gasteiger partial charge in [-0.1, -0.05) is 30.1 Å². The second-order valence-electron chi connectivity index (χ2n) is 3.46. The first kappa shape index (κ1) is 12.8. The van der Waals surface area contributed by atoms with Crippen LogP contribution in [0.4, 0.5) is 5.82 Å². The molecule has 2 rings (SSSR count). The van der Waals surface area contributed by atoms with E-state index >= 15 is 0 Å². The van der Waals surface area contributed by atoms with Gasteiger partial charge in [0.25, 0.3) is 5.91 Å². The number of aromatic amines is 1. The lowest BCUT2D eigenvalue weighted by Crippen LogP contribution is -2.13. The Kier molecular flexibility index (Phi) is 3.78.